The average Bonchev–Trinajstić information content (AvgIpc) is 2.48. The van der Waals surface area contributed by atoms with Crippen LogP contribution >= 0.6 is 0 Å². The lowest BCUT2D eigenvalue weighted by Crippen LogP contribution is -2.29. The van der Waals surface area contributed by atoms with E-state index in [1.807, 2.05) is 37.4 Å². The number of halogens is 1. The van der Waals surface area contributed by atoms with E-state index in [2.05, 4.69) is 18.3 Å². The molecule has 0 aliphatic rings. The maximum atomic E-state index is 12.9. The van der Waals surface area contributed by atoms with Crippen LogP contribution in [0.25, 0.3) is 0 Å². The van der Waals surface area contributed by atoms with Gasteiger partial charge in [0.2, 0.25) is 0 Å². The molecule has 0 spiro atoms. The second kappa shape index (κ2) is 7.79. The number of hydrogen-bond donors (Lipinski definition) is 1. The number of ether oxygens (including phenoxy) is 1. The molecule has 2 aromatic carbocycles. The van der Waals surface area contributed by atoms with E-state index in [1.165, 1.54) is 17.7 Å². The molecule has 0 saturated carbocycles. The first kappa shape index (κ1) is 15.5. The van der Waals surface area contributed by atoms with Crippen LogP contribution in [0.1, 0.15) is 17.5 Å². The van der Waals surface area contributed by atoms with Gasteiger partial charge in [-0.15, -0.1) is 0 Å². The largest absolute Gasteiger partial charge is 0.494 e. The van der Waals surface area contributed by atoms with Crippen LogP contribution in [-0.2, 0) is 6.42 Å². The highest BCUT2D eigenvalue weighted by atomic mass is 19.1. The second-order valence-corrected chi connectivity index (χ2v) is 5.27. The van der Waals surface area contributed by atoms with E-state index in [4.69, 9.17) is 4.74 Å². The fraction of sp³-hybridized carbons (Fsp3) is 0.333. The van der Waals surface area contributed by atoms with Gasteiger partial charge >= 0.3 is 0 Å². The number of hydrogen-bond acceptors (Lipinski definition) is 2. The van der Waals surface area contributed by atoms with Crippen molar-refractivity contribution in [1.29, 1.82) is 0 Å². The Bertz CT molecular complexity index is 553. The van der Waals surface area contributed by atoms with Crippen LogP contribution < -0.4 is 10.1 Å². The van der Waals surface area contributed by atoms with E-state index in [-0.39, 0.29) is 5.82 Å². The number of aryl methyl sites for hydroxylation is 1. The van der Waals surface area contributed by atoms with Crippen LogP contribution in [0.15, 0.2) is 48.5 Å². The maximum absolute atomic E-state index is 12.9. The predicted octanol–water partition coefficient (Wildman–Crippen LogP) is 3.73. The van der Waals surface area contributed by atoms with E-state index in [9.17, 15) is 4.39 Å². The summed E-state index contributed by atoms with van der Waals surface area (Å²) in [4.78, 5) is 0. The maximum Gasteiger partial charge on any atom is 0.123 e. The topological polar surface area (TPSA) is 21.3 Å². The lowest BCUT2D eigenvalue weighted by molar-refractivity contribution is 0.288. The molecule has 1 N–H and O–H groups in total. The summed E-state index contributed by atoms with van der Waals surface area (Å²) in [7, 11) is 1.95. The number of likely N-dealkylation sites (N-methyl/N-ethyl adjacent to an activating group) is 1. The van der Waals surface area contributed by atoms with Gasteiger partial charge in [-0.1, -0.05) is 24.3 Å². The fourth-order valence-corrected chi connectivity index (χ4v) is 2.28. The summed E-state index contributed by atoms with van der Waals surface area (Å²) in [5.74, 6) is 0.717. The first-order chi connectivity index (χ1) is 10.2. The lowest BCUT2D eigenvalue weighted by atomic mass is 10.0. The highest BCUT2D eigenvalue weighted by Gasteiger charge is 2.08. The molecular formula is C18H22FNO. The number of rotatable bonds is 7. The average molecular weight is 287 g/mol. The zero-order valence-corrected chi connectivity index (χ0v) is 12.6. The van der Waals surface area contributed by atoms with Crippen molar-refractivity contribution < 1.29 is 9.13 Å². The van der Waals surface area contributed by atoms with Gasteiger partial charge < -0.3 is 10.1 Å². The molecule has 3 heteroatoms. The molecule has 21 heavy (non-hydrogen) atoms. The van der Waals surface area contributed by atoms with Gasteiger partial charge in [-0.2, -0.15) is 0 Å². The first-order valence-electron chi connectivity index (χ1n) is 7.28. The highest BCUT2D eigenvalue weighted by Crippen LogP contribution is 2.13. The van der Waals surface area contributed by atoms with E-state index < -0.39 is 0 Å². The Hall–Kier alpha value is -1.87. The molecule has 0 radical (unpaired) electrons. The molecule has 0 aromatic heterocycles. The molecule has 1 unspecified atom stereocenters. The van der Waals surface area contributed by atoms with E-state index in [0.29, 0.717) is 12.6 Å². The Morgan fingerprint density at radius 3 is 2.57 bits per heavy atom. The van der Waals surface area contributed by atoms with Gasteiger partial charge in [-0.05, 0) is 62.2 Å². The zero-order chi connectivity index (χ0) is 15.1. The summed E-state index contributed by atoms with van der Waals surface area (Å²) in [5.41, 5.74) is 2.33. The molecule has 0 amide bonds. The van der Waals surface area contributed by atoms with Crippen LogP contribution in [-0.4, -0.2) is 19.7 Å². The zero-order valence-electron chi connectivity index (χ0n) is 12.6. The van der Waals surface area contributed by atoms with Crippen LogP contribution in [0.2, 0.25) is 0 Å². The molecule has 1 atom stereocenters. The van der Waals surface area contributed by atoms with Gasteiger partial charge in [0.15, 0.2) is 0 Å². The second-order valence-electron chi connectivity index (χ2n) is 5.27. The molecule has 2 nitrogen and oxygen atoms in total. The molecule has 2 aromatic rings. The number of nitrogens with one attached hydrogen (secondary N) is 1. The molecule has 0 heterocycles. The first-order valence-corrected chi connectivity index (χ1v) is 7.28. The third kappa shape index (κ3) is 5.20. The summed E-state index contributed by atoms with van der Waals surface area (Å²) in [6.07, 6.45) is 1.77. The summed E-state index contributed by atoms with van der Waals surface area (Å²) < 4.78 is 18.7. The third-order valence-electron chi connectivity index (χ3n) is 3.53. The van der Waals surface area contributed by atoms with Crippen molar-refractivity contribution in [3.8, 4) is 5.75 Å². The molecule has 112 valence electrons. The van der Waals surface area contributed by atoms with Crippen molar-refractivity contribution >= 4 is 0 Å². The van der Waals surface area contributed by atoms with Crippen molar-refractivity contribution in [2.75, 3.05) is 13.7 Å². The SMILES string of the molecule is CNC(CCOc1cccc(C)c1)Cc1ccc(F)cc1. The van der Waals surface area contributed by atoms with Gasteiger partial charge in [-0.25, -0.2) is 4.39 Å². The van der Waals surface area contributed by atoms with Gasteiger partial charge in [-0.3, -0.25) is 0 Å². The van der Waals surface area contributed by atoms with Crippen molar-refractivity contribution in [2.24, 2.45) is 0 Å². The fourth-order valence-electron chi connectivity index (χ4n) is 2.28. The predicted molar refractivity (Wildman–Crippen MR) is 84.2 cm³/mol. The van der Waals surface area contributed by atoms with Gasteiger partial charge in [0.1, 0.15) is 11.6 Å². The Morgan fingerprint density at radius 1 is 1.14 bits per heavy atom. The van der Waals surface area contributed by atoms with Crippen molar-refractivity contribution in [3.05, 3.63) is 65.5 Å². The van der Waals surface area contributed by atoms with E-state index in [0.717, 1.165) is 24.2 Å². The summed E-state index contributed by atoms with van der Waals surface area (Å²) in [6, 6.07) is 15.1. The van der Waals surface area contributed by atoms with Crippen molar-refractivity contribution in [3.63, 3.8) is 0 Å². The van der Waals surface area contributed by atoms with Gasteiger partial charge in [0, 0.05) is 6.04 Å². The summed E-state index contributed by atoms with van der Waals surface area (Å²) in [6.45, 7) is 2.72. The highest BCUT2D eigenvalue weighted by molar-refractivity contribution is 5.27. The minimum Gasteiger partial charge on any atom is -0.494 e. The van der Waals surface area contributed by atoms with Gasteiger partial charge in [0.05, 0.1) is 6.61 Å². The quantitative estimate of drug-likeness (QED) is 0.837. The number of benzene rings is 2. The Labute approximate surface area is 126 Å². The Balaban J connectivity index is 1.81. The molecular weight excluding hydrogens is 265 g/mol. The minimum absolute atomic E-state index is 0.192. The van der Waals surface area contributed by atoms with Crippen LogP contribution in [0.4, 0.5) is 4.39 Å². The molecule has 0 fully saturated rings. The van der Waals surface area contributed by atoms with Crippen LogP contribution in [0, 0.1) is 12.7 Å². The van der Waals surface area contributed by atoms with Crippen molar-refractivity contribution in [1.82, 2.24) is 5.32 Å². The van der Waals surface area contributed by atoms with Crippen LogP contribution in [0.5, 0.6) is 5.75 Å². The molecule has 0 saturated heterocycles. The molecule has 0 aliphatic carbocycles. The molecule has 0 bridgehead atoms. The van der Waals surface area contributed by atoms with E-state index >= 15 is 0 Å². The lowest BCUT2D eigenvalue weighted by Gasteiger charge is -2.17. The van der Waals surface area contributed by atoms with Crippen LogP contribution in [0.3, 0.4) is 0 Å². The standard InChI is InChI=1S/C18H22FNO/c1-14-4-3-5-18(12-14)21-11-10-17(20-2)13-15-6-8-16(19)9-7-15/h3-9,12,17,20H,10-11,13H2,1-2H3. The molecule has 0 aliphatic heterocycles. The normalized spacial score (nSPS) is 12.1. The smallest absolute Gasteiger partial charge is 0.123 e. The Morgan fingerprint density at radius 2 is 1.90 bits per heavy atom. The van der Waals surface area contributed by atoms with Crippen molar-refractivity contribution in [2.45, 2.75) is 25.8 Å². The van der Waals surface area contributed by atoms with Gasteiger partial charge in [0.25, 0.3) is 0 Å². The minimum atomic E-state index is -0.192. The summed E-state index contributed by atoms with van der Waals surface area (Å²) in [5, 5.41) is 3.29. The Kier molecular flexibility index (Phi) is 5.76. The van der Waals surface area contributed by atoms with E-state index in [1.54, 1.807) is 0 Å². The third-order valence-corrected chi connectivity index (χ3v) is 3.53. The molecule has 2 rings (SSSR count). The monoisotopic (exact) mass is 287 g/mol. The summed E-state index contributed by atoms with van der Waals surface area (Å²) >= 11 is 0.